The maximum Gasteiger partial charge on any atom is 0.194 e. The molecule has 2 aliphatic rings. The summed E-state index contributed by atoms with van der Waals surface area (Å²) in [6.45, 7) is 2.30. The second-order valence-electron chi connectivity index (χ2n) is 10.2. The molecular weight excluding hydrogens is 397 g/mol. The average molecular weight is 439 g/mol. The first kappa shape index (κ1) is 23.9. The third-order valence-electron chi connectivity index (χ3n) is 8.04. The van der Waals surface area contributed by atoms with Crippen LogP contribution < -0.4 is 0 Å². The lowest BCUT2D eigenvalue weighted by Gasteiger charge is -2.37. The molecule has 1 heterocycles. The minimum absolute atomic E-state index is 0.505. The topological polar surface area (TPSA) is 0 Å². The van der Waals surface area contributed by atoms with E-state index in [9.17, 15) is 13.2 Å². The van der Waals surface area contributed by atoms with E-state index in [1.54, 1.807) is 12.1 Å². The maximum absolute atomic E-state index is 13.3. The molecule has 1 aliphatic carbocycles. The molecule has 0 bridgehead atoms. The van der Waals surface area contributed by atoms with Gasteiger partial charge >= 0.3 is 0 Å². The fourth-order valence-corrected chi connectivity index (χ4v) is 10.5. The zero-order valence-corrected chi connectivity index (χ0v) is 20.1. The monoisotopic (exact) mass is 438 g/mol. The lowest BCUT2D eigenvalue weighted by molar-refractivity contribution is 0.323. The lowest BCUT2D eigenvalue weighted by Crippen LogP contribution is -2.29. The van der Waals surface area contributed by atoms with Crippen LogP contribution in [0.2, 0.25) is 17.6 Å². The second kappa shape index (κ2) is 12.3. The highest BCUT2D eigenvalue weighted by Gasteiger charge is 2.31. The van der Waals surface area contributed by atoms with E-state index in [0.29, 0.717) is 12.0 Å². The first-order valence-corrected chi connectivity index (χ1v) is 15.0. The van der Waals surface area contributed by atoms with Crippen LogP contribution in [0, 0.1) is 29.3 Å². The van der Waals surface area contributed by atoms with Crippen molar-refractivity contribution in [2.24, 2.45) is 11.8 Å². The van der Waals surface area contributed by atoms with Crippen molar-refractivity contribution in [2.75, 3.05) is 0 Å². The molecule has 0 amide bonds. The van der Waals surface area contributed by atoms with E-state index in [4.69, 9.17) is 0 Å². The Balaban J connectivity index is 1.28. The normalized spacial score (nSPS) is 27.3. The first-order chi connectivity index (χ1) is 14.6. The molecular formula is C26H41F3Si. The molecule has 30 heavy (non-hydrogen) atoms. The summed E-state index contributed by atoms with van der Waals surface area (Å²) in [6.07, 6.45) is 18.4. The van der Waals surface area contributed by atoms with Crippen LogP contribution in [0.5, 0.6) is 0 Å². The Labute approximate surface area is 183 Å². The van der Waals surface area contributed by atoms with E-state index in [2.05, 4.69) is 6.92 Å². The Bertz CT molecular complexity index is 608. The van der Waals surface area contributed by atoms with Gasteiger partial charge in [-0.25, -0.2) is 13.2 Å². The van der Waals surface area contributed by atoms with Gasteiger partial charge in [0.15, 0.2) is 17.5 Å². The molecule has 4 heteroatoms. The van der Waals surface area contributed by atoms with Gasteiger partial charge in [0, 0.05) is 8.80 Å². The average Bonchev–Trinajstić information content (AvgIpc) is 2.76. The molecule has 170 valence electrons. The van der Waals surface area contributed by atoms with E-state index >= 15 is 0 Å². The van der Waals surface area contributed by atoms with Gasteiger partial charge in [-0.15, -0.1) is 0 Å². The summed E-state index contributed by atoms with van der Waals surface area (Å²) < 4.78 is 39.7. The maximum atomic E-state index is 13.3. The summed E-state index contributed by atoms with van der Waals surface area (Å²) in [5, 5.41) is 0. The standard InChI is InChI=1S/C26H41F3Si/c1-2-3-4-7-21-14-16-30(17-15-21)23-12-10-20(11-13-23)8-5-6-9-22-18-24(27)26(29)25(28)19-22/h18-21,23,30H,2-17H2,1H3/t20-,21?,23-,30?. The fourth-order valence-electron chi connectivity index (χ4n) is 6.09. The minimum atomic E-state index is -1.36. The predicted molar refractivity (Wildman–Crippen MR) is 123 cm³/mol. The Morgan fingerprint density at radius 1 is 0.767 bits per heavy atom. The number of halogens is 3. The van der Waals surface area contributed by atoms with Crippen LogP contribution in [0.3, 0.4) is 0 Å². The highest BCUT2D eigenvalue weighted by Crippen LogP contribution is 2.42. The molecule has 1 aromatic carbocycles. The van der Waals surface area contributed by atoms with Crippen molar-refractivity contribution in [1.29, 1.82) is 0 Å². The third kappa shape index (κ3) is 7.14. The SMILES string of the molecule is CCCCCC1CC[SiH]([C@H]2CC[C@H](CCCCc3cc(F)c(F)c(F)c3)CC2)CC1. The predicted octanol–water partition coefficient (Wildman–Crippen LogP) is 8.59. The molecule has 1 aliphatic heterocycles. The summed E-state index contributed by atoms with van der Waals surface area (Å²) in [6, 6.07) is 5.51. The molecule has 0 spiro atoms. The zero-order chi connectivity index (χ0) is 21.3. The van der Waals surface area contributed by atoms with Crippen molar-refractivity contribution in [3.8, 4) is 0 Å². The molecule has 0 aromatic heterocycles. The summed E-state index contributed by atoms with van der Waals surface area (Å²) in [5.41, 5.74) is 1.68. The Morgan fingerprint density at radius 2 is 1.33 bits per heavy atom. The highest BCUT2D eigenvalue weighted by atomic mass is 28.3. The van der Waals surface area contributed by atoms with Crippen molar-refractivity contribution in [3.05, 3.63) is 35.1 Å². The van der Waals surface area contributed by atoms with Gasteiger partial charge in [-0.05, 0) is 47.9 Å². The van der Waals surface area contributed by atoms with Crippen molar-refractivity contribution >= 4 is 8.80 Å². The van der Waals surface area contributed by atoms with Crippen molar-refractivity contribution in [2.45, 2.75) is 114 Å². The van der Waals surface area contributed by atoms with Gasteiger partial charge in [-0.2, -0.15) is 0 Å². The molecule has 2 fully saturated rings. The van der Waals surface area contributed by atoms with Gasteiger partial charge in [0.1, 0.15) is 0 Å². The van der Waals surface area contributed by atoms with Crippen LogP contribution in [0.15, 0.2) is 12.1 Å². The van der Waals surface area contributed by atoms with Gasteiger partial charge in [0.2, 0.25) is 0 Å². The van der Waals surface area contributed by atoms with Crippen LogP contribution >= 0.6 is 0 Å². The summed E-state index contributed by atoms with van der Waals surface area (Å²) in [4.78, 5) is 0. The lowest BCUT2D eigenvalue weighted by atomic mass is 9.85. The van der Waals surface area contributed by atoms with Crippen LogP contribution in [-0.4, -0.2) is 8.80 Å². The Kier molecular flexibility index (Phi) is 9.80. The van der Waals surface area contributed by atoms with E-state index in [-0.39, 0.29) is 0 Å². The molecule has 0 nitrogen and oxygen atoms in total. The molecule has 0 radical (unpaired) electrons. The van der Waals surface area contributed by atoms with Crippen LogP contribution in [-0.2, 0) is 6.42 Å². The number of benzene rings is 1. The van der Waals surface area contributed by atoms with Crippen LogP contribution in [0.4, 0.5) is 13.2 Å². The van der Waals surface area contributed by atoms with Gasteiger partial charge < -0.3 is 0 Å². The van der Waals surface area contributed by atoms with E-state index < -0.39 is 26.2 Å². The quantitative estimate of drug-likeness (QED) is 0.195. The van der Waals surface area contributed by atoms with Crippen molar-refractivity contribution in [1.82, 2.24) is 0 Å². The number of rotatable bonds is 10. The minimum Gasteiger partial charge on any atom is -0.204 e. The second-order valence-corrected chi connectivity index (χ2v) is 13.8. The highest BCUT2D eigenvalue weighted by molar-refractivity contribution is 6.60. The van der Waals surface area contributed by atoms with Crippen LogP contribution in [0.1, 0.15) is 96.0 Å². The van der Waals surface area contributed by atoms with E-state index in [1.165, 1.54) is 70.6 Å². The molecule has 0 atom stereocenters. The molecule has 0 N–H and O–H groups in total. The van der Waals surface area contributed by atoms with E-state index in [0.717, 1.165) is 42.4 Å². The fraction of sp³-hybridized carbons (Fsp3) is 0.769. The number of aryl methyl sites for hydroxylation is 1. The summed E-state index contributed by atoms with van der Waals surface area (Å²) in [7, 11) is -0.505. The largest absolute Gasteiger partial charge is 0.204 e. The number of unbranched alkanes of at least 4 members (excludes halogenated alkanes) is 3. The van der Waals surface area contributed by atoms with Crippen LogP contribution in [0.25, 0.3) is 0 Å². The Hall–Kier alpha value is -0.773. The smallest absolute Gasteiger partial charge is 0.194 e. The summed E-state index contributed by atoms with van der Waals surface area (Å²) in [5.74, 6) is -1.60. The van der Waals surface area contributed by atoms with Gasteiger partial charge in [0.05, 0.1) is 0 Å². The Morgan fingerprint density at radius 3 is 1.93 bits per heavy atom. The zero-order valence-electron chi connectivity index (χ0n) is 18.9. The molecule has 0 unspecified atom stereocenters. The molecule has 1 saturated carbocycles. The molecule has 1 aromatic rings. The van der Waals surface area contributed by atoms with Crippen molar-refractivity contribution < 1.29 is 13.2 Å². The van der Waals surface area contributed by atoms with Crippen molar-refractivity contribution in [3.63, 3.8) is 0 Å². The number of hydrogen-bond donors (Lipinski definition) is 0. The van der Waals surface area contributed by atoms with Gasteiger partial charge in [0.25, 0.3) is 0 Å². The van der Waals surface area contributed by atoms with Gasteiger partial charge in [-0.3, -0.25) is 0 Å². The molecule has 1 saturated heterocycles. The van der Waals surface area contributed by atoms with Gasteiger partial charge in [-0.1, -0.05) is 96.1 Å². The summed E-state index contributed by atoms with van der Waals surface area (Å²) >= 11 is 0. The van der Waals surface area contributed by atoms with E-state index in [1.807, 2.05) is 0 Å². The molecule has 3 rings (SSSR count). The first-order valence-electron chi connectivity index (χ1n) is 12.7. The third-order valence-corrected chi connectivity index (χ3v) is 12.2. The number of hydrogen-bond acceptors (Lipinski definition) is 0.